The fourth-order valence-electron chi connectivity index (χ4n) is 2.80. The Morgan fingerprint density at radius 2 is 2.26 bits per heavy atom. The van der Waals surface area contributed by atoms with Crippen molar-refractivity contribution >= 4 is 11.6 Å². The topological polar surface area (TPSA) is 41.6 Å². The van der Waals surface area contributed by atoms with E-state index in [4.69, 9.17) is 4.74 Å². The molecule has 2 heterocycles. The number of carbonyl (C=O) groups excluding carboxylic acids is 1. The lowest BCUT2D eigenvalue weighted by atomic mass is 10.1. The smallest absolute Gasteiger partial charge is 0.256 e. The maximum atomic E-state index is 12.6. The van der Waals surface area contributed by atoms with Crippen molar-refractivity contribution in [2.24, 2.45) is 0 Å². The van der Waals surface area contributed by atoms with Crippen LogP contribution in [0, 0.1) is 0 Å². The van der Waals surface area contributed by atoms with Crippen LogP contribution in [0.3, 0.4) is 0 Å². The second kappa shape index (κ2) is 5.31. The maximum Gasteiger partial charge on any atom is 0.256 e. The number of amides is 1. The number of para-hydroxylation sites is 1. The van der Waals surface area contributed by atoms with Gasteiger partial charge in [-0.25, -0.2) is 0 Å². The number of nitrogens with zero attached hydrogens (tertiary/aromatic N) is 1. The van der Waals surface area contributed by atoms with Crippen molar-refractivity contribution < 1.29 is 9.53 Å². The summed E-state index contributed by atoms with van der Waals surface area (Å²) in [4.78, 5) is 14.5. The maximum absolute atomic E-state index is 12.6. The van der Waals surface area contributed by atoms with E-state index in [1.165, 1.54) is 5.56 Å². The predicted octanol–water partition coefficient (Wildman–Crippen LogP) is 1.69. The van der Waals surface area contributed by atoms with Crippen LogP contribution in [0.15, 0.2) is 24.3 Å². The number of hydrogen-bond donors (Lipinski definition) is 1. The Kier molecular flexibility index (Phi) is 3.53. The van der Waals surface area contributed by atoms with Gasteiger partial charge in [0.05, 0.1) is 0 Å². The first-order valence-electron chi connectivity index (χ1n) is 7.00. The third-order valence-corrected chi connectivity index (χ3v) is 3.85. The number of carbonyl (C=O) groups is 1. The molecule has 19 heavy (non-hydrogen) atoms. The normalized spacial score (nSPS) is 26.9. The molecule has 0 radical (unpaired) electrons. The van der Waals surface area contributed by atoms with Gasteiger partial charge in [0.2, 0.25) is 0 Å². The summed E-state index contributed by atoms with van der Waals surface area (Å²) in [5.74, 6) is 0.112. The highest BCUT2D eigenvalue weighted by molar-refractivity contribution is 5.97. The summed E-state index contributed by atoms with van der Waals surface area (Å²) in [7, 11) is 0. The molecule has 2 aliphatic heterocycles. The van der Waals surface area contributed by atoms with E-state index >= 15 is 0 Å². The largest absolute Gasteiger partial charge is 0.368 e. The Balaban J connectivity index is 1.91. The van der Waals surface area contributed by atoms with Crippen molar-refractivity contribution in [2.45, 2.75) is 38.5 Å². The molecule has 4 nitrogen and oxygen atoms in total. The Labute approximate surface area is 113 Å². The molecule has 1 N–H and O–H groups in total. The van der Waals surface area contributed by atoms with E-state index in [0.29, 0.717) is 13.2 Å². The molecule has 2 unspecified atom stereocenters. The summed E-state index contributed by atoms with van der Waals surface area (Å²) in [6, 6.07) is 8.41. The first-order chi connectivity index (χ1) is 9.25. The highest BCUT2D eigenvalue weighted by Gasteiger charge is 2.31. The van der Waals surface area contributed by atoms with Gasteiger partial charge >= 0.3 is 0 Å². The van der Waals surface area contributed by atoms with Crippen molar-refractivity contribution in [1.82, 2.24) is 5.32 Å². The number of anilines is 1. The van der Waals surface area contributed by atoms with Crippen molar-refractivity contribution in [1.29, 1.82) is 0 Å². The van der Waals surface area contributed by atoms with Crippen molar-refractivity contribution in [2.75, 3.05) is 18.1 Å². The molecule has 1 saturated heterocycles. The lowest BCUT2D eigenvalue weighted by molar-refractivity contribution is -0.127. The summed E-state index contributed by atoms with van der Waals surface area (Å²) < 4.78 is 5.55. The van der Waals surface area contributed by atoms with Crippen LogP contribution >= 0.6 is 0 Å². The van der Waals surface area contributed by atoms with Gasteiger partial charge in [-0.15, -0.1) is 0 Å². The van der Waals surface area contributed by atoms with Gasteiger partial charge in [-0.1, -0.05) is 18.2 Å². The second-order valence-electron chi connectivity index (χ2n) is 5.36. The van der Waals surface area contributed by atoms with Crippen LogP contribution in [0.25, 0.3) is 0 Å². The van der Waals surface area contributed by atoms with Crippen LogP contribution in [-0.4, -0.2) is 31.2 Å². The molecule has 2 aliphatic rings. The number of fused-ring (bicyclic) bond motifs is 1. The number of ether oxygens (including phenoxy) is 1. The Bertz CT molecular complexity index is 469. The summed E-state index contributed by atoms with van der Waals surface area (Å²) >= 11 is 0. The van der Waals surface area contributed by atoms with Crippen LogP contribution in [0.2, 0.25) is 0 Å². The van der Waals surface area contributed by atoms with Crippen LogP contribution < -0.4 is 10.2 Å². The van der Waals surface area contributed by atoms with Gasteiger partial charge in [0, 0.05) is 31.4 Å². The fraction of sp³-hybridized carbons (Fsp3) is 0.533. The molecule has 1 fully saturated rings. The van der Waals surface area contributed by atoms with Gasteiger partial charge in [0.25, 0.3) is 5.91 Å². The predicted molar refractivity (Wildman–Crippen MR) is 74.1 cm³/mol. The Hall–Kier alpha value is -1.39. The molecule has 1 aromatic rings. The zero-order chi connectivity index (χ0) is 13.2. The highest BCUT2D eigenvalue weighted by Crippen LogP contribution is 2.26. The Morgan fingerprint density at radius 3 is 3.05 bits per heavy atom. The highest BCUT2D eigenvalue weighted by atomic mass is 16.5. The third-order valence-electron chi connectivity index (χ3n) is 3.85. The quantitative estimate of drug-likeness (QED) is 0.835. The number of rotatable bonds is 1. The summed E-state index contributed by atoms with van der Waals surface area (Å²) in [5.41, 5.74) is 2.21. The third kappa shape index (κ3) is 2.51. The number of nitrogens with one attached hydrogen (secondary N) is 1. The van der Waals surface area contributed by atoms with Gasteiger partial charge in [-0.2, -0.15) is 0 Å². The molecule has 1 aromatic carbocycles. The summed E-state index contributed by atoms with van der Waals surface area (Å²) in [5, 5.41) is 3.44. The lowest BCUT2D eigenvalue weighted by Gasteiger charge is -2.26. The van der Waals surface area contributed by atoms with E-state index in [9.17, 15) is 4.79 Å². The average Bonchev–Trinajstić information content (AvgIpc) is 2.91. The molecule has 1 amide bonds. The van der Waals surface area contributed by atoms with Crippen LogP contribution in [0.1, 0.15) is 25.3 Å². The Morgan fingerprint density at radius 1 is 1.42 bits per heavy atom. The molecule has 0 aromatic heterocycles. The molecule has 3 rings (SSSR count). The van der Waals surface area contributed by atoms with Gasteiger partial charge < -0.3 is 15.0 Å². The molecule has 0 saturated carbocycles. The van der Waals surface area contributed by atoms with Crippen LogP contribution in [-0.2, 0) is 16.1 Å². The van der Waals surface area contributed by atoms with Gasteiger partial charge in [0.1, 0.15) is 6.10 Å². The molecule has 4 heteroatoms. The van der Waals surface area contributed by atoms with Gasteiger partial charge in [-0.05, 0) is 31.4 Å². The van der Waals surface area contributed by atoms with Crippen molar-refractivity contribution in [3.63, 3.8) is 0 Å². The van der Waals surface area contributed by atoms with E-state index in [1.807, 2.05) is 23.1 Å². The van der Waals surface area contributed by atoms with E-state index in [0.717, 1.165) is 25.1 Å². The van der Waals surface area contributed by atoms with Crippen molar-refractivity contribution in [3.05, 3.63) is 29.8 Å². The fourth-order valence-corrected chi connectivity index (χ4v) is 2.80. The SMILES string of the molecule is CC1CN(C(=O)C2CCCO2)c2ccccc2CN1. The molecule has 0 spiro atoms. The molecule has 0 aliphatic carbocycles. The van der Waals surface area contributed by atoms with Gasteiger partial charge in [-0.3, -0.25) is 4.79 Å². The molecule has 102 valence electrons. The first-order valence-corrected chi connectivity index (χ1v) is 7.00. The summed E-state index contributed by atoms with van der Waals surface area (Å²) in [6.45, 7) is 4.34. The standard InChI is InChI=1S/C15H20N2O2/c1-11-10-17(15(18)14-7-4-8-19-14)13-6-3-2-5-12(13)9-16-11/h2-3,5-6,11,14,16H,4,7-10H2,1H3. The van der Waals surface area contributed by atoms with Crippen molar-refractivity contribution in [3.8, 4) is 0 Å². The minimum Gasteiger partial charge on any atom is -0.368 e. The molecule has 0 bridgehead atoms. The molecule has 2 atom stereocenters. The zero-order valence-corrected chi connectivity index (χ0v) is 11.3. The monoisotopic (exact) mass is 260 g/mol. The minimum atomic E-state index is -0.252. The second-order valence-corrected chi connectivity index (χ2v) is 5.36. The molecular formula is C15H20N2O2. The number of hydrogen-bond acceptors (Lipinski definition) is 3. The lowest BCUT2D eigenvalue weighted by Crippen LogP contribution is -2.44. The van der Waals surface area contributed by atoms with E-state index in [1.54, 1.807) is 0 Å². The minimum absolute atomic E-state index is 0.112. The van der Waals surface area contributed by atoms with Crippen LogP contribution in [0.5, 0.6) is 0 Å². The van der Waals surface area contributed by atoms with E-state index < -0.39 is 0 Å². The van der Waals surface area contributed by atoms with Gasteiger partial charge in [0.15, 0.2) is 0 Å². The van der Waals surface area contributed by atoms with Crippen LogP contribution in [0.4, 0.5) is 5.69 Å². The average molecular weight is 260 g/mol. The summed E-state index contributed by atoms with van der Waals surface area (Å²) in [6.07, 6.45) is 1.58. The zero-order valence-electron chi connectivity index (χ0n) is 11.3. The van der Waals surface area contributed by atoms with E-state index in [2.05, 4.69) is 18.3 Å². The number of benzene rings is 1. The van der Waals surface area contributed by atoms with E-state index in [-0.39, 0.29) is 18.1 Å². The molecular weight excluding hydrogens is 240 g/mol. The first kappa shape index (κ1) is 12.6.